The van der Waals surface area contributed by atoms with Crippen molar-refractivity contribution in [2.45, 2.75) is 26.2 Å². The predicted octanol–water partition coefficient (Wildman–Crippen LogP) is 1.67. The van der Waals surface area contributed by atoms with Crippen LogP contribution in [0.3, 0.4) is 0 Å². The smallest absolute Gasteiger partial charge is 0.308 e. The van der Waals surface area contributed by atoms with Crippen molar-refractivity contribution in [1.29, 1.82) is 0 Å². The highest BCUT2D eigenvalue weighted by atomic mass is 35.5. The third-order valence-electron chi connectivity index (χ3n) is 1.44. The first kappa shape index (κ1) is 9.26. The van der Waals surface area contributed by atoms with Gasteiger partial charge in [0.1, 0.15) is 0 Å². The van der Waals surface area contributed by atoms with Crippen molar-refractivity contribution < 1.29 is 4.73 Å². The second kappa shape index (κ2) is 2.90. The Kier molecular flexibility index (Phi) is 2.24. The summed E-state index contributed by atoms with van der Waals surface area (Å²) in [5.41, 5.74) is -0.271. The molecule has 0 bridgehead atoms. The molecule has 0 unspecified atom stereocenters. The highest BCUT2D eigenvalue weighted by Crippen LogP contribution is 2.17. The van der Waals surface area contributed by atoms with Crippen molar-refractivity contribution in [3.8, 4) is 0 Å². The van der Waals surface area contributed by atoms with Gasteiger partial charge >= 0.3 is 5.82 Å². The topological polar surface area (TPSA) is 39.8 Å². The fraction of sp³-hybridized carbons (Fsp3) is 0.500. The Morgan fingerprint density at radius 3 is 2.50 bits per heavy atom. The second-order valence-corrected chi connectivity index (χ2v) is 4.04. The van der Waals surface area contributed by atoms with Gasteiger partial charge in [-0.3, -0.25) is 0 Å². The summed E-state index contributed by atoms with van der Waals surface area (Å²) in [4.78, 5) is 3.96. The molecule has 1 heterocycles. The molecule has 0 aliphatic rings. The minimum atomic E-state index is -0.271. The van der Waals surface area contributed by atoms with E-state index in [1.54, 1.807) is 0 Å². The Balaban J connectivity index is 3.23. The van der Waals surface area contributed by atoms with Gasteiger partial charge in [-0.05, 0) is 37.4 Å². The molecule has 1 aromatic rings. The number of nitrogens with zero attached hydrogens (tertiary/aromatic N) is 2. The molecule has 1 aromatic heterocycles. The SMILES string of the molecule is CC(C)(C)c1nc(Cl)cc[n+]1[O-]. The third-order valence-corrected chi connectivity index (χ3v) is 1.65. The normalized spacial score (nSPS) is 11.7. The molecule has 4 heteroatoms. The van der Waals surface area contributed by atoms with Crippen LogP contribution in [-0.4, -0.2) is 4.98 Å². The van der Waals surface area contributed by atoms with Gasteiger partial charge in [0.2, 0.25) is 5.15 Å². The molecular weight excluding hydrogens is 176 g/mol. The summed E-state index contributed by atoms with van der Waals surface area (Å²) in [6.45, 7) is 5.75. The van der Waals surface area contributed by atoms with Crippen LogP contribution >= 0.6 is 11.6 Å². The Morgan fingerprint density at radius 2 is 2.08 bits per heavy atom. The van der Waals surface area contributed by atoms with Gasteiger partial charge in [-0.2, -0.15) is 0 Å². The van der Waals surface area contributed by atoms with Crippen LogP contribution in [0.25, 0.3) is 0 Å². The van der Waals surface area contributed by atoms with Gasteiger partial charge < -0.3 is 5.21 Å². The van der Waals surface area contributed by atoms with Crippen LogP contribution in [0, 0.1) is 5.21 Å². The summed E-state index contributed by atoms with van der Waals surface area (Å²) < 4.78 is 0.742. The second-order valence-electron chi connectivity index (χ2n) is 3.65. The number of rotatable bonds is 0. The van der Waals surface area contributed by atoms with E-state index < -0.39 is 0 Å². The van der Waals surface area contributed by atoms with E-state index in [-0.39, 0.29) is 5.41 Å². The number of hydrogen-bond acceptors (Lipinski definition) is 2. The average molecular weight is 187 g/mol. The van der Waals surface area contributed by atoms with Gasteiger partial charge in [0, 0.05) is 6.07 Å². The van der Waals surface area contributed by atoms with Crippen LogP contribution in [0.2, 0.25) is 5.15 Å². The molecule has 12 heavy (non-hydrogen) atoms. The molecule has 0 atom stereocenters. The Bertz CT molecular complexity index is 294. The molecule has 0 aliphatic heterocycles. The lowest BCUT2D eigenvalue weighted by Crippen LogP contribution is -2.39. The molecule has 0 spiro atoms. The van der Waals surface area contributed by atoms with Gasteiger partial charge in [0.25, 0.3) is 0 Å². The summed E-state index contributed by atoms with van der Waals surface area (Å²) in [6, 6.07) is 1.48. The molecule has 1 rings (SSSR count). The summed E-state index contributed by atoms with van der Waals surface area (Å²) in [6.07, 6.45) is 1.37. The van der Waals surface area contributed by atoms with E-state index in [1.165, 1.54) is 12.3 Å². The summed E-state index contributed by atoms with van der Waals surface area (Å²) >= 11 is 5.66. The van der Waals surface area contributed by atoms with Crippen LogP contribution in [0.1, 0.15) is 26.6 Å². The first-order valence-electron chi connectivity index (χ1n) is 3.67. The van der Waals surface area contributed by atoms with Gasteiger partial charge in [0.05, 0.1) is 11.6 Å². The molecule has 0 aliphatic carbocycles. The molecule has 0 saturated carbocycles. The van der Waals surface area contributed by atoms with Crippen LogP contribution in [0.15, 0.2) is 12.3 Å². The van der Waals surface area contributed by atoms with Gasteiger partial charge in [-0.1, -0.05) is 0 Å². The maximum absolute atomic E-state index is 11.2. The molecule has 0 saturated heterocycles. The lowest BCUT2D eigenvalue weighted by molar-refractivity contribution is -0.621. The quantitative estimate of drug-likeness (QED) is 0.351. The Labute approximate surface area is 76.6 Å². The first-order valence-corrected chi connectivity index (χ1v) is 4.05. The van der Waals surface area contributed by atoms with E-state index >= 15 is 0 Å². The van der Waals surface area contributed by atoms with E-state index in [0.717, 1.165) is 4.73 Å². The fourth-order valence-electron chi connectivity index (χ4n) is 0.886. The van der Waals surface area contributed by atoms with Crippen molar-refractivity contribution >= 4 is 11.6 Å². The standard InChI is InChI=1S/C8H11ClN2O/c1-8(2,3)7-10-6(9)4-5-11(7)12/h4-5H,1-3H3. The zero-order valence-electron chi connectivity index (χ0n) is 7.34. The van der Waals surface area contributed by atoms with Crippen molar-refractivity contribution in [2.75, 3.05) is 0 Å². The van der Waals surface area contributed by atoms with Crippen LogP contribution in [0.5, 0.6) is 0 Å². The van der Waals surface area contributed by atoms with Gasteiger partial charge in [-0.15, -0.1) is 0 Å². The predicted molar refractivity (Wildman–Crippen MR) is 46.9 cm³/mol. The Hall–Kier alpha value is -0.830. The lowest BCUT2D eigenvalue weighted by atomic mass is 9.96. The highest BCUT2D eigenvalue weighted by molar-refractivity contribution is 6.29. The molecule has 66 valence electrons. The molecule has 0 aromatic carbocycles. The number of halogens is 1. The zero-order chi connectivity index (χ0) is 9.35. The third kappa shape index (κ3) is 1.85. The average Bonchev–Trinajstić information content (AvgIpc) is 1.92. The van der Waals surface area contributed by atoms with E-state index in [0.29, 0.717) is 11.0 Å². The van der Waals surface area contributed by atoms with E-state index in [2.05, 4.69) is 4.98 Å². The first-order chi connectivity index (χ1) is 5.41. The van der Waals surface area contributed by atoms with E-state index in [1.807, 2.05) is 20.8 Å². The van der Waals surface area contributed by atoms with Crippen molar-refractivity contribution in [3.05, 3.63) is 28.4 Å². The lowest BCUT2D eigenvalue weighted by Gasteiger charge is -2.15. The maximum atomic E-state index is 11.2. The monoisotopic (exact) mass is 186 g/mol. The van der Waals surface area contributed by atoms with Gasteiger partial charge in [0.15, 0.2) is 0 Å². The van der Waals surface area contributed by atoms with Crippen LogP contribution in [0.4, 0.5) is 0 Å². The number of aromatic nitrogens is 2. The van der Waals surface area contributed by atoms with Gasteiger partial charge in [-0.25, -0.2) is 4.73 Å². The molecule has 3 nitrogen and oxygen atoms in total. The summed E-state index contributed by atoms with van der Waals surface area (Å²) in [5.74, 6) is 0.440. The highest BCUT2D eigenvalue weighted by Gasteiger charge is 2.26. The largest absolute Gasteiger partial charge is 0.711 e. The van der Waals surface area contributed by atoms with Crippen LogP contribution < -0.4 is 4.73 Å². The number of hydrogen-bond donors (Lipinski definition) is 0. The summed E-state index contributed by atoms with van der Waals surface area (Å²) in [5, 5.41) is 11.6. The molecular formula is C8H11ClN2O. The van der Waals surface area contributed by atoms with E-state index in [4.69, 9.17) is 11.6 Å². The van der Waals surface area contributed by atoms with E-state index in [9.17, 15) is 5.21 Å². The molecule has 0 N–H and O–H groups in total. The Morgan fingerprint density at radius 1 is 1.50 bits per heavy atom. The molecule has 0 fully saturated rings. The maximum Gasteiger partial charge on any atom is 0.308 e. The van der Waals surface area contributed by atoms with Crippen molar-refractivity contribution in [2.24, 2.45) is 0 Å². The van der Waals surface area contributed by atoms with Crippen LogP contribution in [-0.2, 0) is 5.41 Å². The minimum Gasteiger partial charge on any atom is -0.711 e. The summed E-state index contributed by atoms with van der Waals surface area (Å²) in [7, 11) is 0. The molecule has 0 radical (unpaired) electrons. The fourth-order valence-corrected chi connectivity index (χ4v) is 1.02. The molecule has 0 amide bonds. The van der Waals surface area contributed by atoms with Crippen molar-refractivity contribution in [3.63, 3.8) is 0 Å². The zero-order valence-corrected chi connectivity index (χ0v) is 8.09. The van der Waals surface area contributed by atoms with Crippen molar-refractivity contribution in [1.82, 2.24) is 4.98 Å². The minimum absolute atomic E-state index is 0.271.